The van der Waals surface area contributed by atoms with Crippen molar-refractivity contribution in [3.63, 3.8) is 0 Å². The van der Waals surface area contributed by atoms with Crippen molar-refractivity contribution >= 4 is 34.5 Å². The Balaban J connectivity index is 1.95. The van der Waals surface area contributed by atoms with Crippen molar-refractivity contribution in [3.8, 4) is 0 Å². The fraction of sp³-hybridized carbons (Fsp3) is 0.263. The minimum Gasteiger partial charge on any atom is -0.467 e. The number of carbonyl (C=O) groups is 2. The van der Waals surface area contributed by atoms with Gasteiger partial charge in [0.05, 0.1) is 7.11 Å². The van der Waals surface area contributed by atoms with E-state index in [2.05, 4.69) is 27.9 Å². The molecular formula is C19H20INO3. The second-order valence-corrected chi connectivity index (χ2v) is 6.71. The Morgan fingerprint density at radius 2 is 1.79 bits per heavy atom. The van der Waals surface area contributed by atoms with Gasteiger partial charge in [0.15, 0.2) is 0 Å². The Labute approximate surface area is 155 Å². The average molecular weight is 437 g/mol. The number of halogens is 1. The van der Waals surface area contributed by atoms with Crippen molar-refractivity contribution in [2.45, 2.75) is 25.3 Å². The van der Waals surface area contributed by atoms with E-state index in [0.717, 1.165) is 14.7 Å². The molecule has 2 aromatic carbocycles. The van der Waals surface area contributed by atoms with Crippen LogP contribution in [0.25, 0.3) is 0 Å². The number of methoxy groups -OCH3 is 1. The molecule has 0 radical (unpaired) electrons. The third-order valence-corrected chi connectivity index (χ3v) is 4.30. The number of ether oxygens (including phenoxy) is 1. The van der Waals surface area contributed by atoms with Gasteiger partial charge in [-0.1, -0.05) is 42.5 Å². The molecule has 0 unspecified atom stereocenters. The van der Waals surface area contributed by atoms with Gasteiger partial charge in [-0.05, 0) is 52.3 Å². The Morgan fingerprint density at radius 3 is 2.46 bits per heavy atom. The van der Waals surface area contributed by atoms with Gasteiger partial charge in [-0.3, -0.25) is 4.79 Å². The average Bonchev–Trinajstić information content (AvgIpc) is 2.59. The lowest BCUT2D eigenvalue weighted by molar-refractivity contribution is -0.145. The predicted octanol–water partition coefficient (Wildman–Crippen LogP) is 3.12. The van der Waals surface area contributed by atoms with Crippen LogP contribution in [0.2, 0.25) is 0 Å². The standard InChI is InChI=1S/C19H20INO3/c1-24-19(23)17(13-15-8-5-9-16(20)12-15)21-18(22)11-10-14-6-3-2-4-7-14/h2-9,12,17H,10-11,13H2,1H3,(H,21,22)/t17-/m0/s1. The second-order valence-electron chi connectivity index (χ2n) is 5.46. The third kappa shape index (κ3) is 5.96. The summed E-state index contributed by atoms with van der Waals surface area (Å²) in [4.78, 5) is 24.2. The normalized spacial score (nSPS) is 11.6. The smallest absolute Gasteiger partial charge is 0.328 e. The van der Waals surface area contributed by atoms with Gasteiger partial charge in [-0.25, -0.2) is 4.79 Å². The predicted molar refractivity (Wildman–Crippen MR) is 102 cm³/mol. The molecule has 0 fully saturated rings. The van der Waals surface area contributed by atoms with Crippen LogP contribution in [0.5, 0.6) is 0 Å². The molecule has 1 N–H and O–H groups in total. The van der Waals surface area contributed by atoms with Gasteiger partial charge >= 0.3 is 5.97 Å². The Bertz CT molecular complexity index is 688. The third-order valence-electron chi connectivity index (χ3n) is 3.63. The van der Waals surface area contributed by atoms with E-state index >= 15 is 0 Å². The van der Waals surface area contributed by atoms with Crippen molar-refractivity contribution in [1.82, 2.24) is 5.32 Å². The maximum absolute atomic E-state index is 12.2. The van der Waals surface area contributed by atoms with Crippen LogP contribution in [0.3, 0.4) is 0 Å². The fourth-order valence-corrected chi connectivity index (χ4v) is 3.01. The molecule has 0 aliphatic rings. The SMILES string of the molecule is COC(=O)[C@H](Cc1cccc(I)c1)NC(=O)CCc1ccccc1. The summed E-state index contributed by atoms with van der Waals surface area (Å²) in [6.45, 7) is 0. The van der Waals surface area contributed by atoms with Gasteiger partial charge in [0.1, 0.15) is 6.04 Å². The van der Waals surface area contributed by atoms with E-state index in [1.807, 2.05) is 54.6 Å². The van der Waals surface area contributed by atoms with E-state index in [1.165, 1.54) is 7.11 Å². The van der Waals surface area contributed by atoms with E-state index < -0.39 is 12.0 Å². The molecule has 0 aromatic heterocycles. The van der Waals surface area contributed by atoms with Crippen LogP contribution in [-0.4, -0.2) is 25.0 Å². The summed E-state index contributed by atoms with van der Waals surface area (Å²) in [5, 5.41) is 2.79. The molecule has 0 bridgehead atoms. The Hall–Kier alpha value is -1.89. The highest BCUT2D eigenvalue weighted by Gasteiger charge is 2.21. The molecular weight excluding hydrogens is 417 g/mol. The van der Waals surface area contributed by atoms with Gasteiger partial charge in [-0.15, -0.1) is 0 Å². The van der Waals surface area contributed by atoms with Crippen molar-refractivity contribution in [3.05, 3.63) is 69.3 Å². The molecule has 0 aliphatic carbocycles. The molecule has 0 saturated heterocycles. The number of hydrogen-bond acceptors (Lipinski definition) is 3. The molecule has 1 amide bonds. The van der Waals surface area contributed by atoms with Gasteiger partial charge in [0.2, 0.25) is 5.91 Å². The van der Waals surface area contributed by atoms with Crippen molar-refractivity contribution in [2.75, 3.05) is 7.11 Å². The topological polar surface area (TPSA) is 55.4 Å². The maximum atomic E-state index is 12.2. The first-order chi connectivity index (χ1) is 11.6. The fourth-order valence-electron chi connectivity index (χ4n) is 2.40. The van der Waals surface area contributed by atoms with Crippen molar-refractivity contribution in [1.29, 1.82) is 0 Å². The molecule has 0 aliphatic heterocycles. The first-order valence-corrected chi connectivity index (χ1v) is 8.82. The number of aryl methyl sites for hydroxylation is 1. The molecule has 1 atom stereocenters. The lowest BCUT2D eigenvalue weighted by atomic mass is 10.1. The monoisotopic (exact) mass is 437 g/mol. The molecule has 2 aromatic rings. The van der Waals surface area contributed by atoms with Crippen LogP contribution in [0.1, 0.15) is 17.5 Å². The number of carbonyl (C=O) groups excluding carboxylic acids is 2. The zero-order valence-corrected chi connectivity index (χ0v) is 15.7. The first-order valence-electron chi connectivity index (χ1n) is 7.74. The molecule has 0 saturated carbocycles. The molecule has 5 heteroatoms. The molecule has 126 valence electrons. The van der Waals surface area contributed by atoms with E-state index in [0.29, 0.717) is 19.3 Å². The van der Waals surface area contributed by atoms with E-state index in [1.54, 1.807) is 0 Å². The van der Waals surface area contributed by atoms with E-state index in [4.69, 9.17) is 4.74 Å². The number of rotatable bonds is 7. The summed E-state index contributed by atoms with van der Waals surface area (Å²) in [7, 11) is 1.33. The summed E-state index contributed by atoms with van der Waals surface area (Å²) < 4.78 is 5.91. The van der Waals surface area contributed by atoms with Gasteiger partial charge < -0.3 is 10.1 Å². The summed E-state index contributed by atoms with van der Waals surface area (Å²) >= 11 is 2.22. The number of esters is 1. The van der Waals surface area contributed by atoms with Gasteiger partial charge in [-0.2, -0.15) is 0 Å². The highest BCUT2D eigenvalue weighted by molar-refractivity contribution is 14.1. The first kappa shape index (κ1) is 18.4. The van der Waals surface area contributed by atoms with Crippen LogP contribution >= 0.6 is 22.6 Å². The zero-order valence-electron chi connectivity index (χ0n) is 13.5. The summed E-state index contributed by atoms with van der Waals surface area (Å²) in [5.41, 5.74) is 2.08. The van der Waals surface area contributed by atoms with Crippen molar-refractivity contribution < 1.29 is 14.3 Å². The summed E-state index contributed by atoms with van der Waals surface area (Å²) in [6.07, 6.45) is 1.40. The lowest BCUT2D eigenvalue weighted by Crippen LogP contribution is -2.43. The van der Waals surface area contributed by atoms with Crippen LogP contribution in [0, 0.1) is 3.57 Å². The minimum atomic E-state index is -0.670. The van der Waals surface area contributed by atoms with Crippen LogP contribution in [-0.2, 0) is 27.2 Å². The molecule has 0 heterocycles. The Morgan fingerprint density at radius 1 is 1.08 bits per heavy atom. The van der Waals surface area contributed by atoms with E-state index in [9.17, 15) is 9.59 Å². The zero-order chi connectivity index (χ0) is 17.4. The van der Waals surface area contributed by atoms with Crippen LogP contribution in [0.15, 0.2) is 54.6 Å². The highest BCUT2D eigenvalue weighted by Crippen LogP contribution is 2.11. The lowest BCUT2D eigenvalue weighted by Gasteiger charge is -2.17. The number of nitrogens with one attached hydrogen (secondary N) is 1. The summed E-state index contributed by atoms with van der Waals surface area (Å²) in [6, 6.07) is 17.0. The van der Waals surface area contributed by atoms with Gasteiger partial charge in [0, 0.05) is 16.4 Å². The Kier molecular flexibility index (Phi) is 7.24. The van der Waals surface area contributed by atoms with Gasteiger partial charge in [0.25, 0.3) is 0 Å². The molecule has 24 heavy (non-hydrogen) atoms. The second kappa shape index (κ2) is 9.42. The largest absolute Gasteiger partial charge is 0.467 e. The van der Waals surface area contributed by atoms with Crippen LogP contribution in [0.4, 0.5) is 0 Å². The van der Waals surface area contributed by atoms with Crippen molar-refractivity contribution in [2.24, 2.45) is 0 Å². The minimum absolute atomic E-state index is 0.153. The highest BCUT2D eigenvalue weighted by atomic mass is 127. The van der Waals surface area contributed by atoms with Crippen LogP contribution < -0.4 is 5.32 Å². The number of benzene rings is 2. The number of hydrogen-bond donors (Lipinski definition) is 1. The molecule has 4 nitrogen and oxygen atoms in total. The molecule has 2 rings (SSSR count). The maximum Gasteiger partial charge on any atom is 0.328 e. The van der Waals surface area contributed by atoms with E-state index in [-0.39, 0.29) is 5.91 Å². The number of amides is 1. The quantitative estimate of drug-likeness (QED) is 0.535. The summed E-state index contributed by atoms with van der Waals surface area (Å²) in [5.74, 6) is -0.582. The molecule has 0 spiro atoms.